The van der Waals surface area contributed by atoms with E-state index in [2.05, 4.69) is 11.6 Å². The average molecular weight is 205 g/mol. The molecule has 0 aromatic rings. The molecule has 0 aliphatic heterocycles. The van der Waals surface area contributed by atoms with E-state index in [4.69, 9.17) is 0 Å². The van der Waals surface area contributed by atoms with Crippen molar-refractivity contribution in [1.29, 1.82) is 0 Å². The van der Waals surface area contributed by atoms with Crippen LogP contribution in [-0.4, -0.2) is 21.2 Å². The Morgan fingerprint density at radius 3 is 2.23 bits per heavy atom. The van der Waals surface area contributed by atoms with Gasteiger partial charge in [-0.25, -0.2) is 13.1 Å². The van der Waals surface area contributed by atoms with Crippen LogP contribution in [0.15, 0.2) is 0 Å². The van der Waals surface area contributed by atoms with E-state index in [-0.39, 0.29) is 0 Å². The summed E-state index contributed by atoms with van der Waals surface area (Å²) in [6, 6.07) is 0. The molecule has 1 aliphatic carbocycles. The van der Waals surface area contributed by atoms with Crippen LogP contribution < -0.4 is 4.72 Å². The van der Waals surface area contributed by atoms with Crippen LogP contribution >= 0.6 is 0 Å². The van der Waals surface area contributed by atoms with Crippen molar-refractivity contribution in [3.8, 4) is 0 Å². The molecule has 13 heavy (non-hydrogen) atoms. The van der Waals surface area contributed by atoms with Crippen LogP contribution in [-0.2, 0) is 10.0 Å². The molecule has 0 atom stereocenters. The number of sulfonamides is 1. The van der Waals surface area contributed by atoms with Gasteiger partial charge in [0.25, 0.3) is 0 Å². The quantitative estimate of drug-likeness (QED) is 0.756. The van der Waals surface area contributed by atoms with Gasteiger partial charge in [-0.15, -0.1) is 0 Å². The Bertz CT molecular complexity index is 240. The maximum atomic E-state index is 10.8. The van der Waals surface area contributed by atoms with Crippen LogP contribution in [0, 0.1) is 11.8 Å². The largest absolute Gasteiger partial charge is 0.215 e. The van der Waals surface area contributed by atoms with Crippen molar-refractivity contribution < 1.29 is 8.42 Å². The van der Waals surface area contributed by atoms with Gasteiger partial charge in [-0.3, -0.25) is 0 Å². The third-order valence-corrected chi connectivity index (χ3v) is 3.46. The molecule has 0 heterocycles. The van der Waals surface area contributed by atoms with Gasteiger partial charge in [0.2, 0.25) is 10.0 Å². The lowest BCUT2D eigenvalue weighted by Crippen LogP contribution is -2.30. The summed E-state index contributed by atoms with van der Waals surface area (Å²) >= 11 is 0. The van der Waals surface area contributed by atoms with Crippen molar-refractivity contribution in [1.82, 2.24) is 4.72 Å². The molecule has 0 saturated heterocycles. The lowest BCUT2D eigenvalue weighted by molar-refractivity contribution is 0.291. The summed E-state index contributed by atoms with van der Waals surface area (Å²) in [5.41, 5.74) is 0. The fourth-order valence-corrected chi connectivity index (χ4v) is 2.34. The van der Waals surface area contributed by atoms with Gasteiger partial charge in [-0.2, -0.15) is 0 Å². The highest BCUT2D eigenvalue weighted by Gasteiger charge is 2.18. The summed E-state index contributed by atoms with van der Waals surface area (Å²) in [5, 5.41) is 0. The van der Waals surface area contributed by atoms with Crippen LogP contribution in [0.3, 0.4) is 0 Å². The van der Waals surface area contributed by atoms with E-state index in [0.717, 1.165) is 5.92 Å². The van der Waals surface area contributed by atoms with Gasteiger partial charge in [0.05, 0.1) is 6.26 Å². The molecule has 0 bridgehead atoms. The second-order valence-corrected chi connectivity index (χ2v) is 6.08. The second-order valence-electron chi connectivity index (χ2n) is 4.25. The number of rotatable bonds is 3. The van der Waals surface area contributed by atoms with Gasteiger partial charge < -0.3 is 0 Å². The highest BCUT2D eigenvalue weighted by molar-refractivity contribution is 7.88. The zero-order chi connectivity index (χ0) is 9.90. The average Bonchev–Trinajstić information content (AvgIpc) is 2.02. The first-order valence-corrected chi connectivity index (χ1v) is 6.81. The highest BCUT2D eigenvalue weighted by atomic mass is 32.2. The van der Waals surface area contributed by atoms with Crippen LogP contribution in [0.5, 0.6) is 0 Å². The maximum absolute atomic E-state index is 10.8. The summed E-state index contributed by atoms with van der Waals surface area (Å²) < 4.78 is 24.2. The molecule has 4 heteroatoms. The van der Waals surface area contributed by atoms with E-state index in [1.165, 1.54) is 31.9 Å². The molecule has 1 fully saturated rings. The van der Waals surface area contributed by atoms with Crippen molar-refractivity contribution in [2.24, 2.45) is 11.8 Å². The fourth-order valence-electron chi connectivity index (χ4n) is 1.80. The summed E-state index contributed by atoms with van der Waals surface area (Å²) in [4.78, 5) is 0. The predicted octanol–water partition coefficient (Wildman–Crippen LogP) is 1.36. The summed E-state index contributed by atoms with van der Waals surface area (Å²) in [5.74, 6) is 1.39. The molecule has 1 N–H and O–H groups in total. The standard InChI is InChI=1S/C9H19NO2S/c1-8-3-5-9(6-4-8)7-10-13(2,11)12/h8-10H,3-7H2,1-2H3/t8-,9-. The predicted molar refractivity (Wildman–Crippen MR) is 54.0 cm³/mol. The van der Waals surface area contributed by atoms with Crippen molar-refractivity contribution in [3.63, 3.8) is 0 Å². The third-order valence-electron chi connectivity index (χ3n) is 2.77. The first-order chi connectivity index (χ1) is 5.97. The Morgan fingerprint density at radius 2 is 1.77 bits per heavy atom. The monoisotopic (exact) mass is 205 g/mol. The van der Waals surface area contributed by atoms with E-state index in [1.807, 2.05) is 0 Å². The number of hydrogen-bond donors (Lipinski definition) is 1. The molecular weight excluding hydrogens is 186 g/mol. The molecule has 78 valence electrons. The summed E-state index contributed by atoms with van der Waals surface area (Å²) in [6.07, 6.45) is 6.05. The summed E-state index contributed by atoms with van der Waals surface area (Å²) in [6.45, 7) is 2.89. The minimum atomic E-state index is -2.99. The highest BCUT2D eigenvalue weighted by Crippen LogP contribution is 2.27. The Balaban J connectivity index is 2.24. The molecule has 3 nitrogen and oxygen atoms in total. The lowest BCUT2D eigenvalue weighted by atomic mass is 9.83. The third kappa shape index (κ3) is 4.62. The summed E-state index contributed by atoms with van der Waals surface area (Å²) in [7, 11) is -2.99. The number of hydrogen-bond acceptors (Lipinski definition) is 2. The van der Waals surface area contributed by atoms with E-state index < -0.39 is 10.0 Å². The van der Waals surface area contributed by atoms with Gasteiger partial charge in [-0.05, 0) is 24.7 Å². The molecule has 0 unspecified atom stereocenters. The van der Waals surface area contributed by atoms with Crippen LogP contribution in [0.25, 0.3) is 0 Å². The molecule has 0 spiro atoms. The fraction of sp³-hybridized carbons (Fsp3) is 1.00. The first-order valence-electron chi connectivity index (χ1n) is 4.92. The van der Waals surface area contributed by atoms with Gasteiger partial charge in [0.1, 0.15) is 0 Å². The molecular formula is C9H19NO2S. The van der Waals surface area contributed by atoms with Crippen LogP contribution in [0.4, 0.5) is 0 Å². The molecule has 1 rings (SSSR count). The SMILES string of the molecule is CS(=O)(=O)NC[C@H]1CC[C@H](C)CC1. The normalized spacial score (nSPS) is 30.3. The van der Waals surface area contributed by atoms with E-state index >= 15 is 0 Å². The maximum Gasteiger partial charge on any atom is 0.208 e. The smallest absolute Gasteiger partial charge is 0.208 e. The van der Waals surface area contributed by atoms with Crippen molar-refractivity contribution in [3.05, 3.63) is 0 Å². The zero-order valence-corrected chi connectivity index (χ0v) is 9.23. The van der Waals surface area contributed by atoms with Gasteiger partial charge in [0, 0.05) is 6.54 Å². The molecule has 1 aliphatic rings. The van der Waals surface area contributed by atoms with Crippen molar-refractivity contribution >= 4 is 10.0 Å². The van der Waals surface area contributed by atoms with Gasteiger partial charge in [0.15, 0.2) is 0 Å². The lowest BCUT2D eigenvalue weighted by Gasteiger charge is -2.25. The molecule has 0 aromatic carbocycles. The second kappa shape index (κ2) is 4.42. The minimum Gasteiger partial charge on any atom is -0.215 e. The zero-order valence-electron chi connectivity index (χ0n) is 8.41. The first kappa shape index (κ1) is 11.0. The van der Waals surface area contributed by atoms with Crippen molar-refractivity contribution in [2.45, 2.75) is 32.6 Å². The van der Waals surface area contributed by atoms with Crippen LogP contribution in [0.1, 0.15) is 32.6 Å². The minimum absolute atomic E-state index is 0.561. The van der Waals surface area contributed by atoms with E-state index in [9.17, 15) is 8.42 Å². The molecule has 0 aromatic heterocycles. The Morgan fingerprint density at radius 1 is 1.23 bits per heavy atom. The van der Waals surface area contributed by atoms with Crippen molar-refractivity contribution in [2.75, 3.05) is 12.8 Å². The van der Waals surface area contributed by atoms with Gasteiger partial charge >= 0.3 is 0 Å². The molecule has 0 amide bonds. The van der Waals surface area contributed by atoms with E-state index in [1.54, 1.807) is 0 Å². The molecule has 0 radical (unpaired) electrons. The van der Waals surface area contributed by atoms with Crippen LogP contribution in [0.2, 0.25) is 0 Å². The van der Waals surface area contributed by atoms with Gasteiger partial charge in [-0.1, -0.05) is 19.8 Å². The topological polar surface area (TPSA) is 46.2 Å². The Labute approximate surface area is 81.0 Å². The van der Waals surface area contributed by atoms with E-state index in [0.29, 0.717) is 12.5 Å². The molecule has 1 saturated carbocycles. The Hall–Kier alpha value is -0.0900. The Kier molecular flexibility index (Phi) is 3.74. The number of nitrogens with one attached hydrogen (secondary N) is 1.